The molecule has 1 heterocycles. The van der Waals surface area contributed by atoms with Crippen molar-refractivity contribution in [2.75, 3.05) is 0 Å². The molecule has 4 nitrogen and oxygen atoms in total. The van der Waals surface area contributed by atoms with Crippen molar-refractivity contribution in [1.29, 1.82) is 0 Å². The number of benzene rings is 2. The van der Waals surface area contributed by atoms with Gasteiger partial charge in [0.25, 0.3) is 5.91 Å². The maximum Gasteiger partial charge on any atom is 0.270 e. The molecular formula is C20H20N2O2S. The van der Waals surface area contributed by atoms with Gasteiger partial charge in [-0.25, -0.2) is 0 Å². The van der Waals surface area contributed by atoms with Crippen LogP contribution in [0, 0.1) is 0 Å². The molecule has 4 rings (SSSR count). The van der Waals surface area contributed by atoms with Crippen molar-refractivity contribution in [2.45, 2.75) is 37.0 Å². The van der Waals surface area contributed by atoms with Crippen LogP contribution in [0.1, 0.15) is 36.8 Å². The molecule has 25 heavy (non-hydrogen) atoms. The summed E-state index contributed by atoms with van der Waals surface area (Å²) in [5, 5.41) is 1.43. The first kappa shape index (κ1) is 16.4. The highest BCUT2D eigenvalue weighted by Crippen LogP contribution is 2.46. The lowest BCUT2D eigenvalue weighted by Crippen LogP contribution is -2.50. The van der Waals surface area contributed by atoms with Crippen molar-refractivity contribution in [3.8, 4) is 0 Å². The summed E-state index contributed by atoms with van der Waals surface area (Å²) in [7, 11) is 0. The minimum Gasteiger partial charge on any atom is -0.270 e. The van der Waals surface area contributed by atoms with Gasteiger partial charge in [0.1, 0.15) is 11.4 Å². The summed E-state index contributed by atoms with van der Waals surface area (Å²) in [6.45, 7) is 0.346. The molecule has 128 valence electrons. The molecule has 0 unspecified atom stereocenters. The van der Waals surface area contributed by atoms with Gasteiger partial charge in [0.05, 0.1) is 0 Å². The first-order valence-corrected chi connectivity index (χ1v) is 9.39. The summed E-state index contributed by atoms with van der Waals surface area (Å²) in [5.41, 5.74) is 1.92. The number of nitrogens with zero attached hydrogens (tertiary/aromatic N) is 2. The Balaban J connectivity index is 1.63. The van der Waals surface area contributed by atoms with Gasteiger partial charge in [0.15, 0.2) is 5.84 Å². The van der Waals surface area contributed by atoms with Crippen molar-refractivity contribution in [3.05, 3.63) is 71.8 Å². The molecular weight excluding hydrogens is 332 g/mol. The summed E-state index contributed by atoms with van der Waals surface area (Å²) < 4.78 is 4.24. The van der Waals surface area contributed by atoms with E-state index in [0.29, 0.717) is 12.4 Å². The zero-order valence-electron chi connectivity index (χ0n) is 13.9. The van der Waals surface area contributed by atoms with Crippen LogP contribution in [0.4, 0.5) is 0 Å². The monoisotopic (exact) mass is 352 g/mol. The highest BCUT2D eigenvalue weighted by molar-refractivity contribution is 8.00. The lowest BCUT2D eigenvalue weighted by molar-refractivity contribution is -0.169. The Morgan fingerprint density at radius 2 is 1.64 bits per heavy atom. The van der Waals surface area contributed by atoms with Crippen molar-refractivity contribution in [1.82, 2.24) is 5.06 Å². The van der Waals surface area contributed by atoms with E-state index in [4.69, 9.17) is 9.24 Å². The summed E-state index contributed by atoms with van der Waals surface area (Å²) in [4.78, 5) is 19.2. The van der Waals surface area contributed by atoms with E-state index in [0.717, 1.165) is 36.8 Å². The van der Waals surface area contributed by atoms with Gasteiger partial charge < -0.3 is 0 Å². The molecule has 2 aromatic carbocycles. The van der Waals surface area contributed by atoms with Crippen LogP contribution >= 0.6 is 11.9 Å². The molecule has 5 heteroatoms. The topological polar surface area (TPSA) is 41.9 Å². The standard InChI is InChI=1S/C20H20N2O2S/c23-19-20(13-7-8-14-20)25-21-18(17-11-5-2-6-12-17)22(19)24-15-16-9-3-1-4-10-16/h1-6,9-12H,7-8,13-15H2. The van der Waals surface area contributed by atoms with E-state index >= 15 is 0 Å². The van der Waals surface area contributed by atoms with Crippen LogP contribution in [-0.4, -0.2) is 21.6 Å². The molecule has 2 aromatic rings. The van der Waals surface area contributed by atoms with E-state index in [1.54, 1.807) is 0 Å². The maximum absolute atomic E-state index is 13.3. The summed E-state index contributed by atoms with van der Waals surface area (Å²) in [5.74, 6) is 0.615. The molecule has 0 saturated heterocycles. The van der Waals surface area contributed by atoms with Gasteiger partial charge in [0.2, 0.25) is 0 Å². The van der Waals surface area contributed by atoms with Gasteiger partial charge in [0, 0.05) is 5.56 Å². The van der Waals surface area contributed by atoms with Gasteiger partial charge in [-0.3, -0.25) is 9.63 Å². The van der Waals surface area contributed by atoms with Crippen molar-refractivity contribution in [2.24, 2.45) is 4.40 Å². The third kappa shape index (κ3) is 3.22. The van der Waals surface area contributed by atoms with Crippen molar-refractivity contribution >= 4 is 23.7 Å². The van der Waals surface area contributed by atoms with E-state index in [9.17, 15) is 4.79 Å². The summed E-state index contributed by atoms with van der Waals surface area (Å²) >= 11 is 1.43. The van der Waals surface area contributed by atoms with Gasteiger partial charge in [-0.15, -0.1) is 0 Å². The number of amides is 1. The van der Waals surface area contributed by atoms with Crippen LogP contribution in [0.15, 0.2) is 65.1 Å². The molecule has 0 bridgehead atoms. The predicted molar refractivity (Wildman–Crippen MR) is 99.8 cm³/mol. The van der Waals surface area contributed by atoms with Gasteiger partial charge in [-0.05, 0) is 30.4 Å². The second-order valence-electron chi connectivity index (χ2n) is 6.43. The third-order valence-electron chi connectivity index (χ3n) is 4.72. The van der Waals surface area contributed by atoms with E-state index in [1.165, 1.54) is 17.0 Å². The maximum atomic E-state index is 13.3. The zero-order valence-corrected chi connectivity index (χ0v) is 14.7. The highest BCUT2D eigenvalue weighted by Gasteiger charge is 2.49. The van der Waals surface area contributed by atoms with Crippen molar-refractivity contribution in [3.63, 3.8) is 0 Å². The zero-order chi connectivity index (χ0) is 17.1. The van der Waals surface area contributed by atoms with Gasteiger partial charge in [-0.1, -0.05) is 73.5 Å². The number of hydrogen-bond acceptors (Lipinski definition) is 4. The van der Waals surface area contributed by atoms with Crippen LogP contribution in [0.5, 0.6) is 0 Å². The molecule has 0 radical (unpaired) electrons. The van der Waals surface area contributed by atoms with Crippen LogP contribution in [0.3, 0.4) is 0 Å². The fourth-order valence-corrected chi connectivity index (χ4v) is 4.40. The smallest absolute Gasteiger partial charge is 0.270 e. The highest BCUT2D eigenvalue weighted by atomic mass is 32.2. The number of carbonyl (C=O) groups is 1. The second-order valence-corrected chi connectivity index (χ2v) is 7.58. The Morgan fingerprint density at radius 1 is 1.00 bits per heavy atom. The predicted octanol–water partition coefficient (Wildman–Crippen LogP) is 4.37. The molecule has 1 aliphatic heterocycles. The Kier molecular flexibility index (Phi) is 4.59. The minimum atomic E-state index is -0.449. The molecule has 1 spiro atoms. The fourth-order valence-electron chi connectivity index (χ4n) is 3.33. The number of carbonyl (C=O) groups excluding carboxylic acids is 1. The van der Waals surface area contributed by atoms with Crippen LogP contribution in [0.2, 0.25) is 0 Å². The quantitative estimate of drug-likeness (QED) is 0.768. The lowest BCUT2D eigenvalue weighted by atomic mass is 10.1. The summed E-state index contributed by atoms with van der Waals surface area (Å²) in [6, 6.07) is 19.7. The first-order chi connectivity index (χ1) is 12.3. The van der Waals surface area contributed by atoms with E-state index < -0.39 is 4.75 Å². The number of rotatable bonds is 4. The van der Waals surface area contributed by atoms with Gasteiger partial charge >= 0.3 is 0 Å². The molecule has 1 saturated carbocycles. The lowest BCUT2D eigenvalue weighted by Gasteiger charge is -2.36. The minimum absolute atomic E-state index is 0.0276. The van der Waals surface area contributed by atoms with Crippen LogP contribution in [0.25, 0.3) is 0 Å². The van der Waals surface area contributed by atoms with E-state index in [2.05, 4.69) is 0 Å². The molecule has 2 aliphatic rings. The number of hydroxylamine groups is 2. The number of amidine groups is 1. The fraction of sp³-hybridized carbons (Fsp3) is 0.300. The average molecular weight is 352 g/mol. The second kappa shape index (κ2) is 7.02. The Morgan fingerprint density at radius 3 is 2.32 bits per heavy atom. The van der Waals surface area contributed by atoms with Gasteiger partial charge in [-0.2, -0.15) is 9.46 Å². The van der Waals surface area contributed by atoms with Crippen molar-refractivity contribution < 1.29 is 9.63 Å². The summed E-state index contributed by atoms with van der Waals surface area (Å²) in [6.07, 6.45) is 3.88. The Bertz CT molecular complexity index is 771. The Labute approximate surface area is 152 Å². The largest absolute Gasteiger partial charge is 0.270 e. The first-order valence-electron chi connectivity index (χ1n) is 8.61. The molecule has 1 amide bonds. The molecule has 1 fully saturated rings. The van der Waals surface area contributed by atoms with E-state index in [-0.39, 0.29) is 5.91 Å². The molecule has 0 aromatic heterocycles. The van der Waals surface area contributed by atoms with Crippen LogP contribution in [-0.2, 0) is 16.2 Å². The average Bonchev–Trinajstić information content (AvgIpc) is 3.14. The SMILES string of the molecule is O=C1N(OCc2ccccc2)C(c2ccccc2)=NSC12CCCC2. The molecule has 1 aliphatic carbocycles. The van der Waals surface area contributed by atoms with E-state index in [1.807, 2.05) is 60.7 Å². The van der Waals surface area contributed by atoms with Crippen LogP contribution < -0.4 is 0 Å². The molecule has 0 atom stereocenters. The molecule has 0 N–H and O–H groups in total. The number of hydrogen-bond donors (Lipinski definition) is 0. The third-order valence-corrected chi connectivity index (χ3v) is 5.92. The normalized spacial score (nSPS) is 19.3. The Hall–Kier alpha value is -2.11.